The number of halogens is 3. The third kappa shape index (κ3) is 4.80. The van der Waals surface area contributed by atoms with Crippen LogP contribution in [0.1, 0.15) is 59.9 Å². The summed E-state index contributed by atoms with van der Waals surface area (Å²) < 4.78 is 53.0. The van der Waals surface area contributed by atoms with Gasteiger partial charge < -0.3 is 9.47 Å². The molecule has 0 amide bonds. The Hall–Kier alpha value is -2.08. The van der Waals surface area contributed by atoms with E-state index in [9.17, 15) is 18.0 Å². The number of benzene rings is 1. The van der Waals surface area contributed by atoms with Crippen LogP contribution in [0.25, 0.3) is 0 Å². The molecule has 0 N–H and O–H groups in total. The summed E-state index contributed by atoms with van der Waals surface area (Å²) in [7, 11) is 0.880. The highest BCUT2D eigenvalue weighted by atomic mass is 19.4. The lowest BCUT2D eigenvalue weighted by atomic mass is 9.75. The summed E-state index contributed by atoms with van der Waals surface area (Å²) in [6, 6.07) is 6.90. The second-order valence-electron chi connectivity index (χ2n) is 9.68. The zero-order chi connectivity index (χ0) is 24.4. The number of rotatable bonds is 8. The van der Waals surface area contributed by atoms with Crippen molar-refractivity contribution in [3.63, 3.8) is 0 Å². The summed E-state index contributed by atoms with van der Waals surface area (Å²) in [5, 5.41) is 0. The smallest absolute Gasteiger partial charge is 0.432 e. The monoisotopic (exact) mass is 452 g/mol. The van der Waals surface area contributed by atoms with Gasteiger partial charge in [0, 0.05) is 18.1 Å². The van der Waals surface area contributed by atoms with E-state index < -0.39 is 29.3 Å². The number of alkyl halides is 3. The summed E-state index contributed by atoms with van der Waals surface area (Å²) in [5.74, 6) is -1.17. The number of hydrogen-bond donors (Lipinski definition) is 0. The van der Waals surface area contributed by atoms with Crippen molar-refractivity contribution in [3.05, 3.63) is 59.7 Å². The van der Waals surface area contributed by atoms with Gasteiger partial charge in [-0.15, -0.1) is 0 Å². The fourth-order valence-corrected chi connectivity index (χ4v) is 4.30. The van der Waals surface area contributed by atoms with Gasteiger partial charge in [0.05, 0.1) is 0 Å². The summed E-state index contributed by atoms with van der Waals surface area (Å²) >= 11 is 0. The highest BCUT2D eigenvalue weighted by molar-refractivity contribution is 5.83. The topological polar surface area (TPSA) is 35.5 Å². The average molecular weight is 453 g/mol. The van der Waals surface area contributed by atoms with E-state index >= 15 is 0 Å². The Morgan fingerprint density at radius 3 is 2.25 bits per heavy atom. The van der Waals surface area contributed by atoms with E-state index in [2.05, 4.69) is 32.9 Å². The predicted molar refractivity (Wildman–Crippen MR) is 120 cm³/mol. The first kappa shape index (κ1) is 26.2. The van der Waals surface area contributed by atoms with E-state index in [0.29, 0.717) is 6.42 Å². The zero-order valence-electron chi connectivity index (χ0n) is 20.0. The molecule has 178 valence electrons. The molecule has 0 radical (unpaired) electrons. The van der Waals surface area contributed by atoms with Gasteiger partial charge in [-0.05, 0) is 31.1 Å². The van der Waals surface area contributed by atoms with Gasteiger partial charge in [0.1, 0.15) is 6.10 Å². The van der Waals surface area contributed by atoms with Crippen LogP contribution < -0.4 is 0 Å². The van der Waals surface area contributed by atoms with E-state index in [1.54, 1.807) is 13.0 Å². The number of methoxy groups -OCH3 is 1. The number of ether oxygens (including phenoxy) is 2. The Balaban J connectivity index is 2.32. The Bertz CT molecular complexity index is 853. The summed E-state index contributed by atoms with van der Waals surface area (Å²) in [6.45, 7) is 12.0. The van der Waals surface area contributed by atoms with E-state index in [1.807, 2.05) is 19.9 Å². The predicted octanol–water partition coefficient (Wildman–Crippen LogP) is 6.99. The fourth-order valence-electron chi connectivity index (χ4n) is 4.30. The molecule has 1 aliphatic rings. The second kappa shape index (κ2) is 9.42. The van der Waals surface area contributed by atoms with Crippen LogP contribution in [0, 0.1) is 16.7 Å². The summed E-state index contributed by atoms with van der Waals surface area (Å²) in [4.78, 5) is 13.1. The number of esters is 1. The zero-order valence-corrected chi connectivity index (χ0v) is 20.0. The lowest BCUT2D eigenvalue weighted by Crippen LogP contribution is -2.53. The standard InChI is InChI=1S/C26H35F3O3/c1-8-21(23(3,4)17-16-19-15-14-18(2)24(19,5)6)32-22(30)25(31-7,26(27,28)29)20-12-10-9-11-13-20/h9-14,16-17,19,21H,8,15H2,1-7H3/b17-16+/t19-,21-,25+/m0/s1. The maximum absolute atomic E-state index is 14.2. The van der Waals surface area contributed by atoms with Crippen molar-refractivity contribution in [3.8, 4) is 0 Å². The molecule has 2 rings (SSSR count). The van der Waals surface area contributed by atoms with Crippen molar-refractivity contribution in [2.45, 2.75) is 72.3 Å². The molecule has 0 bridgehead atoms. The molecule has 0 saturated carbocycles. The maximum Gasteiger partial charge on any atom is 0.432 e. The van der Waals surface area contributed by atoms with E-state index in [4.69, 9.17) is 9.47 Å². The largest absolute Gasteiger partial charge is 0.459 e. The van der Waals surface area contributed by atoms with Crippen LogP contribution in [-0.4, -0.2) is 25.4 Å². The van der Waals surface area contributed by atoms with Gasteiger partial charge in [0.25, 0.3) is 5.60 Å². The molecule has 0 unspecified atom stereocenters. The molecule has 0 aromatic heterocycles. The van der Waals surface area contributed by atoms with Crippen molar-refractivity contribution in [1.29, 1.82) is 0 Å². The van der Waals surface area contributed by atoms with Gasteiger partial charge in [-0.3, -0.25) is 0 Å². The molecule has 0 saturated heterocycles. The molecular formula is C26H35F3O3. The van der Waals surface area contributed by atoms with Crippen molar-refractivity contribution in [2.75, 3.05) is 7.11 Å². The van der Waals surface area contributed by atoms with Crippen molar-refractivity contribution >= 4 is 5.97 Å². The first-order chi connectivity index (χ1) is 14.7. The third-order valence-electron chi connectivity index (χ3n) is 7.00. The minimum atomic E-state index is -4.99. The van der Waals surface area contributed by atoms with Crippen LogP contribution in [-0.2, 0) is 19.9 Å². The fraction of sp³-hybridized carbons (Fsp3) is 0.577. The first-order valence-corrected chi connectivity index (χ1v) is 11.0. The number of carbonyl (C=O) groups excluding carboxylic acids is 1. The van der Waals surface area contributed by atoms with Crippen LogP contribution in [0.3, 0.4) is 0 Å². The molecule has 0 heterocycles. The lowest BCUT2D eigenvalue weighted by Gasteiger charge is -2.37. The van der Waals surface area contributed by atoms with Gasteiger partial charge in [0.2, 0.25) is 0 Å². The van der Waals surface area contributed by atoms with Gasteiger partial charge in [-0.1, -0.05) is 88.8 Å². The quantitative estimate of drug-likeness (QED) is 0.315. The number of hydrogen-bond acceptors (Lipinski definition) is 3. The summed E-state index contributed by atoms with van der Waals surface area (Å²) in [6.07, 6.45) is 1.82. The molecular weight excluding hydrogens is 417 g/mol. The van der Waals surface area contributed by atoms with E-state index in [-0.39, 0.29) is 16.9 Å². The molecule has 1 aliphatic carbocycles. The average Bonchev–Trinajstić information content (AvgIpc) is 2.97. The van der Waals surface area contributed by atoms with Crippen LogP contribution in [0.5, 0.6) is 0 Å². The SMILES string of the molecule is CC[C@H](OC(=O)[C@](OC)(c1ccccc1)C(F)(F)F)C(C)(C)/C=C/[C@@H]1CC=C(C)C1(C)C. The molecule has 0 fully saturated rings. The second-order valence-corrected chi connectivity index (χ2v) is 9.68. The van der Waals surface area contributed by atoms with Crippen molar-refractivity contribution < 1.29 is 27.4 Å². The van der Waals surface area contributed by atoms with Crippen molar-refractivity contribution in [1.82, 2.24) is 0 Å². The van der Waals surface area contributed by atoms with Gasteiger partial charge in [-0.25, -0.2) is 4.79 Å². The van der Waals surface area contributed by atoms with Crippen molar-refractivity contribution in [2.24, 2.45) is 16.7 Å². The normalized spacial score (nSPS) is 21.8. The van der Waals surface area contributed by atoms with Crippen LogP contribution in [0.15, 0.2) is 54.1 Å². The Kier molecular flexibility index (Phi) is 7.71. The molecule has 3 nitrogen and oxygen atoms in total. The van der Waals surface area contributed by atoms with E-state index in [0.717, 1.165) is 13.5 Å². The molecule has 32 heavy (non-hydrogen) atoms. The maximum atomic E-state index is 14.2. The first-order valence-electron chi connectivity index (χ1n) is 11.0. The van der Waals surface area contributed by atoms with Gasteiger partial charge >= 0.3 is 12.1 Å². The van der Waals surface area contributed by atoms with Gasteiger partial charge in [-0.2, -0.15) is 13.2 Å². The molecule has 1 aromatic carbocycles. The van der Waals surface area contributed by atoms with E-state index in [1.165, 1.54) is 29.8 Å². The highest BCUT2D eigenvalue weighted by Crippen LogP contribution is 2.46. The molecule has 6 heteroatoms. The lowest BCUT2D eigenvalue weighted by molar-refractivity contribution is -0.279. The summed E-state index contributed by atoms with van der Waals surface area (Å²) in [5.41, 5.74) is -2.83. The molecule has 0 spiro atoms. The Morgan fingerprint density at radius 2 is 1.81 bits per heavy atom. The number of carbonyl (C=O) groups is 1. The highest BCUT2D eigenvalue weighted by Gasteiger charge is 2.64. The van der Waals surface area contributed by atoms with Gasteiger partial charge in [0.15, 0.2) is 0 Å². The molecule has 3 atom stereocenters. The van der Waals surface area contributed by atoms with Crippen LogP contribution in [0.2, 0.25) is 0 Å². The molecule has 1 aromatic rings. The molecule has 0 aliphatic heterocycles. The number of allylic oxidation sites excluding steroid dienone is 3. The minimum absolute atomic E-state index is 0.0137. The third-order valence-corrected chi connectivity index (χ3v) is 7.00. The Labute approximate surface area is 189 Å². The minimum Gasteiger partial charge on any atom is -0.459 e. The Morgan fingerprint density at radius 1 is 1.22 bits per heavy atom. The van der Waals surface area contributed by atoms with Crippen LogP contribution >= 0.6 is 0 Å². The van der Waals surface area contributed by atoms with Crippen LogP contribution in [0.4, 0.5) is 13.2 Å².